The van der Waals surface area contributed by atoms with E-state index >= 15 is 0 Å². The summed E-state index contributed by atoms with van der Waals surface area (Å²) >= 11 is 0. The molecule has 1 unspecified atom stereocenters. The minimum absolute atomic E-state index is 0.0746. The van der Waals surface area contributed by atoms with Gasteiger partial charge in [-0.1, -0.05) is 6.07 Å². The number of pyridine rings is 1. The number of H-pyrrole nitrogens is 1. The molecule has 11 nitrogen and oxygen atoms in total. The smallest absolute Gasteiger partial charge is 0.411 e. The molecule has 6 rings (SSSR count). The number of carbonyl (C=O) groups excluding carboxylic acids is 1. The number of hydrogen-bond donors (Lipinski definition) is 1. The fourth-order valence-electron chi connectivity index (χ4n) is 4.24. The number of amides is 1. The molecular weight excluding hydrogens is 467 g/mol. The molecule has 0 spiro atoms. The SMILES string of the molecule is Cn1cnc(-c2nnc(C(=O)N3CCc4[nH]cnc4C3c3cc4cccc(C(F)(F)F)n4n3)o2)c1. The number of nitrogens with zero attached hydrogens (tertiary/aromatic N) is 8. The van der Waals surface area contributed by atoms with Crippen LogP contribution in [-0.2, 0) is 19.6 Å². The van der Waals surface area contributed by atoms with Crippen molar-refractivity contribution >= 4 is 11.4 Å². The number of halogens is 3. The Morgan fingerprint density at radius 2 is 2.09 bits per heavy atom. The van der Waals surface area contributed by atoms with Gasteiger partial charge in [0.2, 0.25) is 0 Å². The first-order chi connectivity index (χ1) is 16.8. The molecule has 0 aromatic carbocycles. The molecule has 0 radical (unpaired) electrons. The van der Waals surface area contributed by atoms with Crippen LogP contribution in [0, 0.1) is 0 Å². The van der Waals surface area contributed by atoms with Crippen molar-refractivity contribution < 1.29 is 22.4 Å². The molecule has 1 aliphatic rings. The topological polar surface area (TPSA) is 123 Å². The maximum absolute atomic E-state index is 13.6. The van der Waals surface area contributed by atoms with Crippen molar-refractivity contribution in [3.63, 3.8) is 0 Å². The Morgan fingerprint density at radius 1 is 1.23 bits per heavy atom. The Morgan fingerprint density at radius 3 is 2.86 bits per heavy atom. The summed E-state index contributed by atoms with van der Waals surface area (Å²) < 4.78 is 48.8. The number of carbonyl (C=O) groups is 1. The van der Waals surface area contributed by atoms with Crippen molar-refractivity contribution in [1.29, 1.82) is 0 Å². The zero-order valence-corrected chi connectivity index (χ0v) is 18.1. The van der Waals surface area contributed by atoms with Crippen LogP contribution in [-0.4, -0.2) is 56.7 Å². The Kier molecular flexibility index (Phi) is 4.52. The lowest BCUT2D eigenvalue weighted by Crippen LogP contribution is -2.41. The number of alkyl halides is 3. The lowest BCUT2D eigenvalue weighted by Gasteiger charge is -2.32. The first-order valence-electron chi connectivity index (χ1n) is 10.5. The monoisotopic (exact) mass is 483 g/mol. The molecule has 1 N–H and O–H groups in total. The number of hydrogen-bond acceptors (Lipinski definition) is 7. The van der Waals surface area contributed by atoms with Crippen molar-refractivity contribution in [3.05, 3.63) is 71.8 Å². The van der Waals surface area contributed by atoms with Crippen molar-refractivity contribution in [3.8, 4) is 11.6 Å². The number of aromatic nitrogens is 8. The van der Waals surface area contributed by atoms with Crippen molar-refractivity contribution in [2.45, 2.75) is 18.6 Å². The number of aromatic amines is 1. The summed E-state index contributed by atoms with van der Waals surface area (Å²) in [5, 5.41) is 12.0. The van der Waals surface area contributed by atoms with Gasteiger partial charge < -0.3 is 18.9 Å². The van der Waals surface area contributed by atoms with Crippen LogP contribution in [0.3, 0.4) is 0 Å². The average Bonchev–Trinajstić information content (AvgIpc) is 3.62. The van der Waals surface area contributed by atoms with Crippen LogP contribution in [0.5, 0.6) is 0 Å². The molecule has 14 heteroatoms. The van der Waals surface area contributed by atoms with Gasteiger partial charge in [0.1, 0.15) is 17.4 Å². The molecular formula is C21H16F3N9O2. The number of rotatable bonds is 3. The second-order valence-electron chi connectivity index (χ2n) is 8.07. The van der Waals surface area contributed by atoms with E-state index in [9.17, 15) is 18.0 Å². The molecule has 0 fully saturated rings. The van der Waals surface area contributed by atoms with Gasteiger partial charge in [-0.25, -0.2) is 14.5 Å². The van der Waals surface area contributed by atoms with E-state index in [2.05, 4.69) is 30.2 Å². The summed E-state index contributed by atoms with van der Waals surface area (Å²) in [4.78, 5) is 26.4. The van der Waals surface area contributed by atoms with E-state index in [1.807, 2.05) is 0 Å². The van der Waals surface area contributed by atoms with Gasteiger partial charge >= 0.3 is 18.0 Å². The fraction of sp³-hybridized carbons (Fsp3) is 0.238. The van der Waals surface area contributed by atoms with Crippen LogP contribution in [0.15, 0.2) is 47.5 Å². The Labute approximate surface area is 194 Å². The predicted octanol–water partition coefficient (Wildman–Crippen LogP) is 2.65. The third-order valence-electron chi connectivity index (χ3n) is 5.79. The van der Waals surface area contributed by atoms with Gasteiger partial charge in [-0.3, -0.25) is 4.79 Å². The summed E-state index contributed by atoms with van der Waals surface area (Å²) in [5.41, 5.74) is 1.21. The van der Waals surface area contributed by atoms with Gasteiger partial charge in [-0.05, 0) is 18.2 Å². The predicted molar refractivity (Wildman–Crippen MR) is 112 cm³/mol. The fourth-order valence-corrected chi connectivity index (χ4v) is 4.24. The average molecular weight is 483 g/mol. The lowest BCUT2D eigenvalue weighted by atomic mass is 9.99. The molecule has 0 saturated carbocycles. The van der Waals surface area contributed by atoms with E-state index in [-0.39, 0.29) is 29.5 Å². The third kappa shape index (κ3) is 3.45. The van der Waals surface area contributed by atoms with E-state index in [1.54, 1.807) is 24.1 Å². The van der Waals surface area contributed by atoms with Crippen LogP contribution in [0.2, 0.25) is 0 Å². The van der Waals surface area contributed by atoms with Crippen LogP contribution in [0.25, 0.3) is 17.1 Å². The maximum atomic E-state index is 13.6. The molecule has 6 heterocycles. The number of aryl methyl sites for hydroxylation is 1. The molecule has 0 bridgehead atoms. The van der Waals surface area contributed by atoms with Gasteiger partial charge in [0.15, 0.2) is 0 Å². The van der Waals surface area contributed by atoms with Crippen molar-refractivity contribution in [2.75, 3.05) is 6.54 Å². The number of imidazole rings is 2. The lowest BCUT2D eigenvalue weighted by molar-refractivity contribution is -0.142. The van der Waals surface area contributed by atoms with Crippen LogP contribution >= 0.6 is 0 Å². The summed E-state index contributed by atoms with van der Waals surface area (Å²) in [5.74, 6) is -0.786. The minimum atomic E-state index is -4.60. The van der Waals surface area contributed by atoms with Gasteiger partial charge in [-0.2, -0.15) is 18.3 Å². The first kappa shape index (κ1) is 21.1. The zero-order chi connectivity index (χ0) is 24.3. The van der Waals surface area contributed by atoms with Gasteiger partial charge in [0.25, 0.3) is 5.89 Å². The van der Waals surface area contributed by atoms with E-state index in [4.69, 9.17) is 4.42 Å². The molecule has 0 aliphatic carbocycles. The van der Waals surface area contributed by atoms with E-state index < -0.39 is 23.8 Å². The highest BCUT2D eigenvalue weighted by Gasteiger charge is 2.39. The molecule has 178 valence electrons. The number of nitrogens with one attached hydrogen (secondary N) is 1. The van der Waals surface area contributed by atoms with E-state index in [1.165, 1.54) is 29.4 Å². The van der Waals surface area contributed by atoms with Crippen molar-refractivity contribution in [1.82, 2.24) is 44.2 Å². The Bertz CT molecular complexity index is 1560. The standard InChI is InChI=1S/C21H16F3N9O2/c1-31-8-14(27-10-31)18-28-29-19(35-18)20(34)32-6-5-12-16(26-9-25-12)17(32)13-7-11-3-2-4-15(21(22,23)24)33(11)30-13/h2-4,7-10,17H,5-6H2,1H3,(H,25,26). The van der Waals surface area contributed by atoms with Gasteiger partial charge in [0, 0.05) is 31.9 Å². The molecule has 1 atom stereocenters. The summed E-state index contributed by atoms with van der Waals surface area (Å²) in [6.07, 6.45) is 0.554. The molecule has 0 saturated heterocycles. The summed E-state index contributed by atoms with van der Waals surface area (Å²) in [7, 11) is 1.78. The van der Waals surface area contributed by atoms with Crippen LogP contribution < -0.4 is 0 Å². The molecule has 5 aromatic heterocycles. The molecule has 35 heavy (non-hydrogen) atoms. The second-order valence-corrected chi connectivity index (χ2v) is 8.07. The minimum Gasteiger partial charge on any atom is -0.411 e. The largest absolute Gasteiger partial charge is 0.433 e. The Hall–Kier alpha value is -4.49. The molecule has 1 aliphatic heterocycles. The van der Waals surface area contributed by atoms with E-state index in [0.717, 1.165) is 16.3 Å². The normalized spacial score (nSPS) is 16.1. The summed E-state index contributed by atoms with van der Waals surface area (Å²) in [6.45, 7) is 0.236. The van der Waals surface area contributed by atoms with Crippen LogP contribution in [0.1, 0.15) is 39.5 Å². The quantitative estimate of drug-likeness (QED) is 0.419. The highest BCUT2D eigenvalue weighted by molar-refractivity contribution is 5.90. The van der Waals surface area contributed by atoms with Crippen molar-refractivity contribution in [2.24, 2.45) is 7.05 Å². The Balaban J connectivity index is 1.42. The summed E-state index contributed by atoms with van der Waals surface area (Å²) in [6, 6.07) is 4.43. The number of fused-ring (bicyclic) bond motifs is 2. The van der Waals surface area contributed by atoms with Gasteiger partial charge in [-0.15, -0.1) is 10.2 Å². The third-order valence-corrected chi connectivity index (χ3v) is 5.79. The second kappa shape index (κ2) is 7.51. The maximum Gasteiger partial charge on any atom is 0.433 e. The highest BCUT2D eigenvalue weighted by atomic mass is 19.4. The molecule has 5 aromatic rings. The van der Waals surface area contributed by atoms with Gasteiger partial charge in [0.05, 0.1) is 29.6 Å². The van der Waals surface area contributed by atoms with E-state index in [0.29, 0.717) is 17.8 Å². The first-order valence-corrected chi connectivity index (χ1v) is 10.5. The van der Waals surface area contributed by atoms with Crippen LogP contribution in [0.4, 0.5) is 13.2 Å². The highest BCUT2D eigenvalue weighted by Crippen LogP contribution is 2.36. The zero-order valence-electron chi connectivity index (χ0n) is 18.1. The molecule has 1 amide bonds.